The molecule has 110 valence electrons. The highest BCUT2D eigenvalue weighted by Gasteiger charge is 2.17. The number of rotatable bonds is 4. The van der Waals surface area contributed by atoms with Crippen molar-refractivity contribution < 1.29 is 20.2 Å². The van der Waals surface area contributed by atoms with Crippen molar-refractivity contribution in [2.24, 2.45) is 5.92 Å². The molecule has 2 rings (SSSR count). The van der Waals surface area contributed by atoms with Crippen molar-refractivity contribution in [1.82, 2.24) is 5.48 Å². The normalized spacial score (nSPS) is 14.2. The lowest BCUT2D eigenvalue weighted by atomic mass is 9.92. The summed E-state index contributed by atoms with van der Waals surface area (Å²) in [5.74, 6) is -0.829. The quantitative estimate of drug-likeness (QED) is 0.394. The molecule has 0 bridgehead atoms. The van der Waals surface area contributed by atoms with Gasteiger partial charge in [-0.2, -0.15) is 0 Å². The fraction of sp³-hybridized carbons (Fsp3) is 0.188. The molecule has 5 heteroatoms. The first-order valence-corrected chi connectivity index (χ1v) is 6.55. The molecule has 2 aromatic rings. The number of phenolic OH excluding ortho intramolecular Hbond substituents is 1. The van der Waals surface area contributed by atoms with Gasteiger partial charge in [-0.3, -0.25) is 10.0 Å². The molecule has 21 heavy (non-hydrogen) atoms. The number of carbonyl (C=O) groups excluding carboxylic acids is 1. The second-order valence-corrected chi connectivity index (χ2v) is 4.86. The maximum Gasteiger partial charge on any atom is 0.267 e. The summed E-state index contributed by atoms with van der Waals surface area (Å²) in [6.07, 6.45) is 1.84. The second kappa shape index (κ2) is 6.39. The topological polar surface area (TPSA) is 89.8 Å². The molecule has 0 saturated carbocycles. The van der Waals surface area contributed by atoms with Crippen LogP contribution < -0.4 is 5.48 Å². The lowest BCUT2D eigenvalue weighted by molar-refractivity contribution is -0.124. The van der Waals surface area contributed by atoms with Gasteiger partial charge in [0.1, 0.15) is 5.75 Å². The number of amides is 1. The van der Waals surface area contributed by atoms with Crippen molar-refractivity contribution in [3.8, 4) is 5.75 Å². The van der Waals surface area contributed by atoms with E-state index in [9.17, 15) is 15.0 Å². The smallest absolute Gasteiger partial charge is 0.267 e. The maximum atomic E-state index is 11.0. The first-order chi connectivity index (χ1) is 10.0. The number of fused-ring (bicyclic) bond motifs is 1. The number of phenols is 1. The minimum atomic E-state index is -0.835. The van der Waals surface area contributed by atoms with Crippen molar-refractivity contribution in [2.45, 2.75) is 13.0 Å². The number of nitrogens with one attached hydrogen (secondary N) is 1. The first kappa shape index (κ1) is 15.0. The molecule has 1 amide bonds. The van der Waals surface area contributed by atoms with Gasteiger partial charge in [-0.25, -0.2) is 5.48 Å². The zero-order chi connectivity index (χ0) is 15.4. The summed E-state index contributed by atoms with van der Waals surface area (Å²) in [4.78, 5) is 11.0. The summed E-state index contributed by atoms with van der Waals surface area (Å²) in [6.45, 7) is 1.76. The maximum absolute atomic E-state index is 11.0. The van der Waals surface area contributed by atoms with Gasteiger partial charge in [-0.1, -0.05) is 43.3 Å². The highest BCUT2D eigenvalue weighted by molar-refractivity contribution is 5.91. The van der Waals surface area contributed by atoms with Crippen LogP contribution in [0, 0.1) is 5.92 Å². The Balaban J connectivity index is 2.35. The van der Waals surface area contributed by atoms with Gasteiger partial charge in [-0.05, 0) is 17.0 Å². The summed E-state index contributed by atoms with van der Waals surface area (Å²) in [6, 6.07) is 10.5. The number of aliphatic hydroxyl groups excluding tert-OH is 1. The molecule has 0 radical (unpaired) electrons. The monoisotopic (exact) mass is 287 g/mol. The highest BCUT2D eigenvalue weighted by Crippen LogP contribution is 2.33. The summed E-state index contributed by atoms with van der Waals surface area (Å²) in [5.41, 5.74) is 2.17. The van der Waals surface area contributed by atoms with Crippen molar-refractivity contribution in [2.75, 3.05) is 0 Å². The van der Waals surface area contributed by atoms with Crippen LogP contribution in [-0.2, 0) is 4.79 Å². The van der Waals surface area contributed by atoms with Crippen LogP contribution in [0.2, 0.25) is 0 Å². The standard InChI is InChI=1S/C16H17NO4/c1-10(6-9-15(19)17-21)16(20)13-7-8-14(18)12-5-3-2-4-11(12)13/h2-10,16,18,20-21H,1H3,(H,17,19)/b9-6+/t10-,16-/m1/s1. The van der Waals surface area contributed by atoms with Crippen molar-refractivity contribution in [3.05, 3.63) is 54.1 Å². The van der Waals surface area contributed by atoms with Crippen LogP contribution in [0.5, 0.6) is 5.75 Å². The van der Waals surface area contributed by atoms with Gasteiger partial charge >= 0.3 is 0 Å². The van der Waals surface area contributed by atoms with Crippen LogP contribution in [0.3, 0.4) is 0 Å². The predicted octanol–water partition coefficient (Wildman–Crippen LogP) is 2.28. The third-order valence-electron chi connectivity index (χ3n) is 3.41. The number of benzene rings is 2. The van der Waals surface area contributed by atoms with Gasteiger partial charge in [0.2, 0.25) is 0 Å². The van der Waals surface area contributed by atoms with E-state index in [-0.39, 0.29) is 11.7 Å². The van der Waals surface area contributed by atoms with Crippen LogP contribution in [0.25, 0.3) is 10.8 Å². The highest BCUT2D eigenvalue weighted by atomic mass is 16.5. The number of aromatic hydroxyl groups is 1. The van der Waals surface area contributed by atoms with Crippen LogP contribution >= 0.6 is 0 Å². The Bertz CT molecular complexity index is 681. The van der Waals surface area contributed by atoms with E-state index in [4.69, 9.17) is 5.21 Å². The molecule has 0 unspecified atom stereocenters. The molecule has 0 fully saturated rings. The van der Waals surface area contributed by atoms with Crippen molar-refractivity contribution in [3.63, 3.8) is 0 Å². The van der Waals surface area contributed by atoms with E-state index < -0.39 is 12.0 Å². The van der Waals surface area contributed by atoms with Gasteiger partial charge in [0.15, 0.2) is 0 Å². The molecular weight excluding hydrogens is 270 g/mol. The Morgan fingerprint density at radius 2 is 1.86 bits per heavy atom. The van der Waals surface area contributed by atoms with E-state index in [0.29, 0.717) is 10.9 Å². The van der Waals surface area contributed by atoms with Crippen LogP contribution in [0.1, 0.15) is 18.6 Å². The Morgan fingerprint density at radius 3 is 2.52 bits per heavy atom. The Morgan fingerprint density at radius 1 is 1.19 bits per heavy atom. The Kier molecular flexibility index (Phi) is 4.57. The molecule has 2 atom stereocenters. The van der Waals surface area contributed by atoms with E-state index in [0.717, 1.165) is 11.5 Å². The van der Waals surface area contributed by atoms with Gasteiger partial charge < -0.3 is 10.2 Å². The van der Waals surface area contributed by atoms with Gasteiger partial charge in [0, 0.05) is 17.4 Å². The average molecular weight is 287 g/mol. The predicted molar refractivity (Wildman–Crippen MR) is 78.8 cm³/mol. The summed E-state index contributed by atoms with van der Waals surface area (Å²) in [7, 11) is 0. The SMILES string of the molecule is C[C@H](/C=C/C(=O)NO)[C@@H](O)c1ccc(O)c2ccccc12. The molecule has 0 saturated heterocycles. The zero-order valence-corrected chi connectivity index (χ0v) is 11.5. The summed E-state index contributed by atoms with van der Waals surface area (Å²) in [5, 5.41) is 30.1. The molecule has 2 aromatic carbocycles. The Hall–Kier alpha value is -2.37. The van der Waals surface area contributed by atoms with Crippen molar-refractivity contribution >= 4 is 16.7 Å². The molecule has 5 nitrogen and oxygen atoms in total. The minimum Gasteiger partial charge on any atom is -0.507 e. The molecular formula is C16H17NO4. The molecule has 4 N–H and O–H groups in total. The third-order valence-corrected chi connectivity index (χ3v) is 3.41. The number of carbonyl (C=O) groups is 1. The molecule has 0 aromatic heterocycles. The molecule has 0 aliphatic rings. The van der Waals surface area contributed by atoms with E-state index in [1.54, 1.807) is 19.1 Å². The average Bonchev–Trinajstić information content (AvgIpc) is 2.52. The lowest BCUT2D eigenvalue weighted by Crippen LogP contribution is -2.16. The molecule has 0 spiro atoms. The molecule has 0 aliphatic heterocycles. The van der Waals surface area contributed by atoms with E-state index in [1.807, 2.05) is 18.2 Å². The van der Waals surface area contributed by atoms with E-state index in [1.165, 1.54) is 17.6 Å². The van der Waals surface area contributed by atoms with Gasteiger partial charge in [-0.15, -0.1) is 0 Å². The van der Waals surface area contributed by atoms with Gasteiger partial charge in [0.25, 0.3) is 5.91 Å². The van der Waals surface area contributed by atoms with Crippen molar-refractivity contribution in [1.29, 1.82) is 0 Å². The van der Waals surface area contributed by atoms with Crippen LogP contribution in [0.15, 0.2) is 48.6 Å². The van der Waals surface area contributed by atoms with E-state index >= 15 is 0 Å². The number of hydrogen-bond acceptors (Lipinski definition) is 4. The van der Waals surface area contributed by atoms with Crippen LogP contribution in [-0.4, -0.2) is 21.3 Å². The van der Waals surface area contributed by atoms with Crippen LogP contribution in [0.4, 0.5) is 0 Å². The number of aliphatic hydroxyl groups is 1. The number of hydrogen-bond donors (Lipinski definition) is 4. The number of hydroxylamine groups is 1. The minimum absolute atomic E-state index is 0.157. The van der Waals surface area contributed by atoms with E-state index in [2.05, 4.69) is 0 Å². The molecule has 0 aliphatic carbocycles. The Labute approximate surface area is 122 Å². The summed E-state index contributed by atoms with van der Waals surface area (Å²) < 4.78 is 0. The first-order valence-electron chi connectivity index (χ1n) is 6.55. The largest absolute Gasteiger partial charge is 0.507 e. The zero-order valence-electron chi connectivity index (χ0n) is 11.5. The van der Waals surface area contributed by atoms with Gasteiger partial charge in [0.05, 0.1) is 6.10 Å². The lowest BCUT2D eigenvalue weighted by Gasteiger charge is -2.18. The fourth-order valence-electron chi connectivity index (χ4n) is 2.23. The molecule has 0 heterocycles. The fourth-order valence-corrected chi connectivity index (χ4v) is 2.23. The summed E-state index contributed by atoms with van der Waals surface area (Å²) >= 11 is 0. The second-order valence-electron chi connectivity index (χ2n) is 4.86. The third kappa shape index (κ3) is 3.21.